The van der Waals surface area contributed by atoms with Gasteiger partial charge in [-0.15, -0.1) is 0 Å². The summed E-state index contributed by atoms with van der Waals surface area (Å²) in [6.07, 6.45) is -0.488. The zero-order valence-corrected chi connectivity index (χ0v) is 11.0. The molecule has 4 nitrogen and oxygen atoms in total. The third-order valence-corrected chi connectivity index (χ3v) is 2.92. The van der Waals surface area contributed by atoms with E-state index in [0.29, 0.717) is 5.56 Å². The lowest BCUT2D eigenvalue weighted by Gasteiger charge is -2.05. The molecule has 1 N–H and O–H groups in total. The number of aliphatic carboxylic acids is 1. The Balaban J connectivity index is 2.23. The Morgan fingerprint density at radius 2 is 1.75 bits per heavy atom. The van der Waals surface area contributed by atoms with Crippen LogP contribution in [0.15, 0.2) is 48.5 Å². The highest BCUT2D eigenvalue weighted by Crippen LogP contribution is 2.24. The van der Waals surface area contributed by atoms with Gasteiger partial charge in [0.05, 0.1) is 7.11 Å². The minimum absolute atomic E-state index is 0.394. The van der Waals surface area contributed by atoms with Crippen LogP contribution in [0.1, 0.15) is 16.8 Å². The number of ketones is 1. The molecule has 102 valence electrons. The third-order valence-electron chi connectivity index (χ3n) is 2.92. The van der Waals surface area contributed by atoms with E-state index in [-0.39, 0.29) is 0 Å². The van der Waals surface area contributed by atoms with Crippen molar-refractivity contribution in [3.05, 3.63) is 54.1 Å². The van der Waals surface area contributed by atoms with Crippen LogP contribution in [-0.4, -0.2) is 24.0 Å². The number of hydrogen-bond acceptors (Lipinski definition) is 3. The molecule has 0 aliphatic carbocycles. The second kappa shape index (κ2) is 6.02. The molecule has 4 heteroatoms. The standard InChI is InChI=1S/C16H14O4/c1-20-14-4-2-3-13(9-14)11-5-7-12(8-6-11)15(17)10-16(18)19/h2-9H,10H2,1H3,(H,18,19). The molecule has 0 radical (unpaired) electrons. The molecule has 0 heterocycles. The maximum Gasteiger partial charge on any atom is 0.311 e. The first-order chi connectivity index (χ1) is 9.60. The summed E-state index contributed by atoms with van der Waals surface area (Å²) in [6.45, 7) is 0. The first kappa shape index (κ1) is 13.8. The van der Waals surface area contributed by atoms with Gasteiger partial charge in [0.1, 0.15) is 12.2 Å². The monoisotopic (exact) mass is 270 g/mol. The molecule has 2 aromatic carbocycles. The summed E-state index contributed by atoms with van der Waals surface area (Å²) in [5, 5.41) is 8.60. The van der Waals surface area contributed by atoms with E-state index in [0.717, 1.165) is 16.9 Å². The van der Waals surface area contributed by atoms with E-state index >= 15 is 0 Å². The topological polar surface area (TPSA) is 63.6 Å². The van der Waals surface area contributed by atoms with Crippen LogP contribution in [0.2, 0.25) is 0 Å². The van der Waals surface area contributed by atoms with Gasteiger partial charge in [-0.2, -0.15) is 0 Å². The van der Waals surface area contributed by atoms with Crippen LogP contribution in [-0.2, 0) is 4.79 Å². The summed E-state index contributed by atoms with van der Waals surface area (Å²) >= 11 is 0. The molecule has 0 spiro atoms. The Kier molecular flexibility index (Phi) is 4.15. The fourth-order valence-corrected chi connectivity index (χ4v) is 1.89. The SMILES string of the molecule is COc1cccc(-c2ccc(C(=O)CC(=O)O)cc2)c1. The largest absolute Gasteiger partial charge is 0.497 e. The highest BCUT2D eigenvalue weighted by Gasteiger charge is 2.10. The Morgan fingerprint density at radius 3 is 2.35 bits per heavy atom. The van der Waals surface area contributed by atoms with Crippen molar-refractivity contribution in [1.82, 2.24) is 0 Å². The van der Waals surface area contributed by atoms with E-state index in [1.54, 1.807) is 31.4 Å². The van der Waals surface area contributed by atoms with E-state index in [1.165, 1.54) is 0 Å². The smallest absolute Gasteiger partial charge is 0.311 e. The maximum absolute atomic E-state index is 11.6. The highest BCUT2D eigenvalue weighted by atomic mass is 16.5. The van der Waals surface area contributed by atoms with E-state index < -0.39 is 18.2 Å². The molecule has 0 saturated heterocycles. The summed E-state index contributed by atoms with van der Waals surface area (Å²) in [7, 11) is 1.60. The lowest BCUT2D eigenvalue weighted by molar-refractivity contribution is -0.135. The van der Waals surface area contributed by atoms with Crippen molar-refractivity contribution in [3.63, 3.8) is 0 Å². The Bertz CT molecular complexity index is 629. The number of ether oxygens (including phenoxy) is 1. The number of Topliss-reactive ketones (excluding diaryl/α,β-unsaturated/α-hetero) is 1. The third kappa shape index (κ3) is 3.23. The van der Waals surface area contributed by atoms with E-state index in [2.05, 4.69) is 0 Å². The Morgan fingerprint density at radius 1 is 1.05 bits per heavy atom. The van der Waals surface area contributed by atoms with Crippen LogP contribution in [0.3, 0.4) is 0 Å². The van der Waals surface area contributed by atoms with Gasteiger partial charge in [0.25, 0.3) is 0 Å². The molecule has 2 aromatic rings. The number of rotatable bonds is 5. The van der Waals surface area contributed by atoms with Gasteiger partial charge in [-0.3, -0.25) is 9.59 Å². The molecule has 0 saturated carbocycles. The van der Waals surface area contributed by atoms with E-state index in [4.69, 9.17) is 9.84 Å². The van der Waals surface area contributed by atoms with Crippen LogP contribution in [0, 0.1) is 0 Å². The van der Waals surface area contributed by atoms with Crippen molar-refractivity contribution < 1.29 is 19.4 Å². The summed E-state index contributed by atoms with van der Waals surface area (Å²) in [5.41, 5.74) is 2.32. The molecule has 0 atom stereocenters. The second-order valence-corrected chi connectivity index (χ2v) is 4.30. The Hall–Kier alpha value is -2.62. The zero-order chi connectivity index (χ0) is 14.5. The summed E-state index contributed by atoms with van der Waals surface area (Å²) < 4.78 is 5.16. The molecule has 0 aromatic heterocycles. The van der Waals surface area contributed by atoms with Gasteiger partial charge >= 0.3 is 5.97 Å². The van der Waals surface area contributed by atoms with E-state index in [1.807, 2.05) is 24.3 Å². The van der Waals surface area contributed by atoms with Crippen molar-refractivity contribution in [1.29, 1.82) is 0 Å². The summed E-state index contributed by atoms with van der Waals surface area (Å²) in [5.74, 6) is -0.755. The number of hydrogen-bond donors (Lipinski definition) is 1. The van der Waals surface area contributed by atoms with Gasteiger partial charge in [0.2, 0.25) is 0 Å². The average molecular weight is 270 g/mol. The van der Waals surface area contributed by atoms with Crippen molar-refractivity contribution in [2.75, 3.05) is 7.11 Å². The lowest BCUT2D eigenvalue weighted by atomic mass is 10.0. The molecule has 0 aliphatic heterocycles. The number of carboxylic acids is 1. The molecule has 0 unspecified atom stereocenters. The second-order valence-electron chi connectivity index (χ2n) is 4.30. The molecular formula is C16H14O4. The number of carboxylic acid groups (broad SMARTS) is 1. The van der Waals surface area contributed by atoms with Crippen LogP contribution < -0.4 is 4.74 Å². The molecule has 2 rings (SSSR count). The van der Waals surface area contributed by atoms with Gasteiger partial charge in [0.15, 0.2) is 5.78 Å². The predicted octanol–water partition coefficient (Wildman–Crippen LogP) is 3.02. The molecule has 0 bridgehead atoms. The van der Waals surface area contributed by atoms with Crippen LogP contribution in [0.25, 0.3) is 11.1 Å². The van der Waals surface area contributed by atoms with Gasteiger partial charge in [0, 0.05) is 5.56 Å². The van der Waals surface area contributed by atoms with Crippen LogP contribution in [0.4, 0.5) is 0 Å². The fourth-order valence-electron chi connectivity index (χ4n) is 1.89. The van der Waals surface area contributed by atoms with Crippen molar-refractivity contribution in [2.24, 2.45) is 0 Å². The number of carbonyl (C=O) groups excluding carboxylic acids is 1. The van der Waals surface area contributed by atoms with Crippen molar-refractivity contribution in [2.45, 2.75) is 6.42 Å². The van der Waals surface area contributed by atoms with Crippen LogP contribution in [0.5, 0.6) is 5.75 Å². The fraction of sp³-hybridized carbons (Fsp3) is 0.125. The minimum atomic E-state index is -1.12. The Labute approximate surface area is 116 Å². The van der Waals surface area contributed by atoms with Crippen molar-refractivity contribution >= 4 is 11.8 Å². The number of carbonyl (C=O) groups is 2. The van der Waals surface area contributed by atoms with Gasteiger partial charge in [-0.05, 0) is 23.3 Å². The molecule has 0 fully saturated rings. The molecule has 0 aliphatic rings. The van der Waals surface area contributed by atoms with Crippen molar-refractivity contribution in [3.8, 4) is 16.9 Å². The quantitative estimate of drug-likeness (QED) is 0.670. The normalized spacial score (nSPS) is 10.1. The summed E-state index contributed by atoms with van der Waals surface area (Å²) in [4.78, 5) is 22.1. The number of methoxy groups -OCH3 is 1. The van der Waals surface area contributed by atoms with Crippen LogP contribution >= 0.6 is 0 Å². The first-order valence-corrected chi connectivity index (χ1v) is 6.09. The maximum atomic E-state index is 11.6. The van der Waals surface area contributed by atoms with Gasteiger partial charge < -0.3 is 9.84 Å². The lowest BCUT2D eigenvalue weighted by Crippen LogP contribution is -2.06. The van der Waals surface area contributed by atoms with Gasteiger partial charge in [-0.1, -0.05) is 36.4 Å². The van der Waals surface area contributed by atoms with E-state index in [9.17, 15) is 9.59 Å². The first-order valence-electron chi connectivity index (χ1n) is 6.09. The molecule has 0 amide bonds. The van der Waals surface area contributed by atoms with Gasteiger partial charge in [-0.25, -0.2) is 0 Å². The summed E-state index contributed by atoms with van der Waals surface area (Å²) in [6, 6.07) is 14.4. The molecule has 20 heavy (non-hydrogen) atoms. The predicted molar refractivity (Wildman–Crippen MR) is 75.0 cm³/mol. The molecular weight excluding hydrogens is 256 g/mol. The highest BCUT2D eigenvalue weighted by molar-refractivity contribution is 6.05. The zero-order valence-electron chi connectivity index (χ0n) is 11.0. The average Bonchev–Trinajstić information content (AvgIpc) is 2.47. The minimum Gasteiger partial charge on any atom is -0.497 e. The number of benzene rings is 2.